The van der Waals surface area contributed by atoms with Crippen LogP contribution in [0.25, 0.3) is 16.8 Å². The Morgan fingerprint density at radius 3 is 2.31 bits per heavy atom. The van der Waals surface area contributed by atoms with E-state index in [1.807, 2.05) is 24.3 Å². The second-order valence-electron chi connectivity index (χ2n) is 9.49. The summed E-state index contributed by atoms with van der Waals surface area (Å²) in [5.74, 6) is -0.153. The minimum absolute atomic E-state index is 0.117. The van der Waals surface area contributed by atoms with Crippen LogP contribution in [0.4, 0.5) is 16.2 Å². The van der Waals surface area contributed by atoms with Crippen LogP contribution in [0.2, 0.25) is 0 Å². The van der Waals surface area contributed by atoms with Gasteiger partial charge < -0.3 is 24.3 Å². The fourth-order valence-corrected chi connectivity index (χ4v) is 3.81. The van der Waals surface area contributed by atoms with Crippen LogP contribution in [-0.4, -0.2) is 49.4 Å². The smallest absolute Gasteiger partial charge is 0.412 e. The third-order valence-corrected chi connectivity index (χ3v) is 5.39. The SMILES string of the molecule is COc1ccc(C=CC(=O)Nc2cc(NC(=O)OC(C)(C)C)c3ccccc3c2CCOC(C)=O)c(OC)n1. The number of pyridine rings is 1. The van der Waals surface area contributed by atoms with Gasteiger partial charge in [-0.25, -0.2) is 4.79 Å². The van der Waals surface area contributed by atoms with Gasteiger partial charge in [0, 0.05) is 42.1 Å². The van der Waals surface area contributed by atoms with Crippen molar-refractivity contribution in [1.29, 1.82) is 0 Å². The molecule has 2 aromatic carbocycles. The fraction of sp³-hybridized carbons (Fsp3) is 0.310. The first kappa shape index (κ1) is 29.0. The Balaban J connectivity index is 1.98. The van der Waals surface area contributed by atoms with E-state index >= 15 is 0 Å². The number of anilines is 2. The number of hydrogen-bond donors (Lipinski definition) is 2. The first-order chi connectivity index (χ1) is 18.5. The second-order valence-corrected chi connectivity index (χ2v) is 9.49. The van der Waals surface area contributed by atoms with Crippen molar-refractivity contribution < 1.29 is 33.3 Å². The summed E-state index contributed by atoms with van der Waals surface area (Å²) in [7, 11) is 2.97. The summed E-state index contributed by atoms with van der Waals surface area (Å²) >= 11 is 0. The Morgan fingerprint density at radius 2 is 1.67 bits per heavy atom. The summed E-state index contributed by atoms with van der Waals surface area (Å²) in [6.07, 6.45) is 2.62. The number of aromatic nitrogens is 1. The Bertz CT molecular complexity index is 1390. The highest BCUT2D eigenvalue weighted by Gasteiger charge is 2.19. The maximum atomic E-state index is 13.0. The molecular formula is C29H33N3O7. The summed E-state index contributed by atoms with van der Waals surface area (Å²) in [5, 5.41) is 7.19. The summed E-state index contributed by atoms with van der Waals surface area (Å²) in [6.45, 7) is 6.77. The van der Waals surface area contributed by atoms with Crippen molar-refractivity contribution in [3.05, 3.63) is 59.7 Å². The molecule has 39 heavy (non-hydrogen) atoms. The van der Waals surface area contributed by atoms with Gasteiger partial charge in [-0.3, -0.25) is 14.9 Å². The van der Waals surface area contributed by atoms with Crippen LogP contribution < -0.4 is 20.1 Å². The van der Waals surface area contributed by atoms with Gasteiger partial charge in [0.25, 0.3) is 0 Å². The molecule has 0 unspecified atom stereocenters. The highest BCUT2D eigenvalue weighted by Crippen LogP contribution is 2.34. The number of carbonyl (C=O) groups is 3. The minimum atomic E-state index is -0.691. The molecule has 2 amide bonds. The lowest BCUT2D eigenvalue weighted by atomic mass is 9.98. The van der Waals surface area contributed by atoms with Crippen molar-refractivity contribution >= 4 is 46.2 Å². The van der Waals surface area contributed by atoms with Crippen molar-refractivity contribution in [2.24, 2.45) is 0 Å². The van der Waals surface area contributed by atoms with E-state index in [0.717, 1.165) is 16.3 Å². The van der Waals surface area contributed by atoms with Crippen LogP contribution in [0.3, 0.4) is 0 Å². The quantitative estimate of drug-likeness (QED) is 0.277. The lowest BCUT2D eigenvalue weighted by Crippen LogP contribution is -2.27. The predicted molar refractivity (Wildman–Crippen MR) is 149 cm³/mol. The second kappa shape index (κ2) is 12.8. The van der Waals surface area contributed by atoms with Crippen LogP contribution in [-0.2, 0) is 25.5 Å². The van der Waals surface area contributed by atoms with Gasteiger partial charge in [0.05, 0.1) is 26.5 Å². The number of hydrogen-bond acceptors (Lipinski definition) is 8. The maximum Gasteiger partial charge on any atom is 0.412 e. The van der Waals surface area contributed by atoms with Gasteiger partial charge in [0.1, 0.15) is 5.60 Å². The van der Waals surface area contributed by atoms with E-state index in [2.05, 4.69) is 15.6 Å². The number of nitrogens with one attached hydrogen (secondary N) is 2. The van der Waals surface area contributed by atoms with Gasteiger partial charge in [0.15, 0.2) is 0 Å². The number of methoxy groups -OCH3 is 2. The standard InChI is InChI=1S/C29H33N3O7/c1-18(33)38-16-15-22-20-9-7-8-10-21(20)24(31-28(35)39-29(2,3)4)17-23(22)30-25(34)13-11-19-12-14-26(36-5)32-27(19)37-6/h7-14,17H,15-16H2,1-6H3,(H,30,34)(H,31,35). The van der Waals surface area contributed by atoms with Crippen LogP contribution >= 0.6 is 0 Å². The minimum Gasteiger partial charge on any atom is -0.481 e. The molecule has 1 heterocycles. The molecule has 0 spiro atoms. The van der Waals surface area contributed by atoms with Crippen molar-refractivity contribution in [2.75, 3.05) is 31.5 Å². The van der Waals surface area contributed by atoms with Crippen molar-refractivity contribution in [3.8, 4) is 11.8 Å². The molecule has 1 aromatic heterocycles. The van der Waals surface area contributed by atoms with E-state index < -0.39 is 23.6 Å². The molecule has 0 aliphatic rings. The summed E-state index contributed by atoms with van der Waals surface area (Å²) in [5.41, 5.74) is 1.53. The molecule has 10 heteroatoms. The van der Waals surface area contributed by atoms with Gasteiger partial charge in [0.2, 0.25) is 17.7 Å². The van der Waals surface area contributed by atoms with E-state index in [4.69, 9.17) is 18.9 Å². The predicted octanol–water partition coefficient (Wildman–Crippen LogP) is 5.36. The van der Waals surface area contributed by atoms with E-state index in [1.54, 1.807) is 45.0 Å². The third kappa shape index (κ3) is 8.19. The van der Waals surface area contributed by atoms with E-state index in [-0.39, 0.29) is 6.61 Å². The molecule has 0 aliphatic heterocycles. The molecule has 0 bridgehead atoms. The van der Waals surface area contributed by atoms with Gasteiger partial charge in [-0.2, -0.15) is 4.98 Å². The highest BCUT2D eigenvalue weighted by atomic mass is 16.6. The van der Waals surface area contributed by atoms with Crippen LogP contribution in [0.15, 0.2) is 48.5 Å². The molecular weight excluding hydrogens is 502 g/mol. The lowest BCUT2D eigenvalue weighted by Gasteiger charge is -2.21. The molecule has 0 aliphatic carbocycles. The average molecular weight is 536 g/mol. The van der Waals surface area contributed by atoms with Crippen LogP contribution in [0.1, 0.15) is 38.8 Å². The molecule has 10 nitrogen and oxygen atoms in total. The van der Waals surface area contributed by atoms with Crippen LogP contribution in [0.5, 0.6) is 11.8 Å². The molecule has 3 rings (SSSR count). The number of rotatable bonds is 9. The molecule has 206 valence electrons. The fourth-order valence-electron chi connectivity index (χ4n) is 3.81. The largest absolute Gasteiger partial charge is 0.481 e. The van der Waals surface area contributed by atoms with Crippen molar-refractivity contribution in [2.45, 2.75) is 39.7 Å². The molecule has 0 saturated heterocycles. The van der Waals surface area contributed by atoms with Gasteiger partial charge >= 0.3 is 12.1 Å². The number of nitrogens with zero attached hydrogens (tertiary/aromatic N) is 1. The lowest BCUT2D eigenvalue weighted by molar-refractivity contribution is -0.140. The number of fused-ring (bicyclic) bond motifs is 1. The van der Waals surface area contributed by atoms with Crippen molar-refractivity contribution in [1.82, 2.24) is 4.98 Å². The van der Waals surface area contributed by atoms with Gasteiger partial charge in [-0.1, -0.05) is 24.3 Å². The molecule has 0 atom stereocenters. The molecule has 0 fully saturated rings. The average Bonchev–Trinajstić information content (AvgIpc) is 2.87. The maximum absolute atomic E-state index is 13.0. The first-order valence-corrected chi connectivity index (χ1v) is 12.3. The zero-order valence-electron chi connectivity index (χ0n) is 22.9. The number of carbonyl (C=O) groups excluding carboxylic acids is 3. The number of ether oxygens (including phenoxy) is 4. The van der Waals surface area contributed by atoms with E-state index in [0.29, 0.717) is 35.1 Å². The van der Waals surface area contributed by atoms with Gasteiger partial charge in [-0.15, -0.1) is 0 Å². The van der Waals surface area contributed by atoms with E-state index in [9.17, 15) is 14.4 Å². The Kier molecular flexibility index (Phi) is 9.48. The summed E-state index contributed by atoms with van der Waals surface area (Å²) < 4.78 is 21.0. The van der Waals surface area contributed by atoms with Crippen LogP contribution in [0, 0.1) is 0 Å². The molecule has 3 aromatic rings. The molecule has 2 N–H and O–H groups in total. The number of benzene rings is 2. The van der Waals surface area contributed by atoms with Gasteiger partial charge in [-0.05, 0) is 49.9 Å². The zero-order chi connectivity index (χ0) is 28.6. The zero-order valence-corrected chi connectivity index (χ0v) is 22.9. The normalized spacial score (nSPS) is 11.2. The molecule has 0 radical (unpaired) electrons. The number of esters is 1. The third-order valence-electron chi connectivity index (χ3n) is 5.39. The molecule has 0 saturated carbocycles. The van der Waals surface area contributed by atoms with E-state index in [1.165, 1.54) is 27.2 Å². The van der Waals surface area contributed by atoms with Crippen molar-refractivity contribution in [3.63, 3.8) is 0 Å². The Morgan fingerprint density at radius 1 is 0.949 bits per heavy atom. The Hall–Kier alpha value is -4.60. The topological polar surface area (TPSA) is 125 Å². The highest BCUT2D eigenvalue weighted by molar-refractivity contribution is 6.09. The number of amides is 2. The summed E-state index contributed by atoms with van der Waals surface area (Å²) in [4.78, 5) is 41.2. The summed E-state index contributed by atoms with van der Waals surface area (Å²) in [6, 6.07) is 12.5. The monoisotopic (exact) mass is 535 g/mol. The first-order valence-electron chi connectivity index (χ1n) is 12.3. The Labute approximate surface area is 227 Å².